The van der Waals surface area contributed by atoms with Crippen LogP contribution in [0.2, 0.25) is 0 Å². The molecule has 0 spiro atoms. The molecule has 0 atom stereocenters. The lowest BCUT2D eigenvalue weighted by atomic mass is 9.95. The predicted octanol–water partition coefficient (Wildman–Crippen LogP) is 4.74. The normalized spacial score (nSPS) is 13.2. The van der Waals surface area contributed by atoms with Gasteiger partial charge < -0.3 is 15.0 Å². The van der Waals surface area contributed by atoms with Crippen molar-refractivity contribution in [1.82, 2.24) is 20.2 Å². The summed E-state index contributed by atoms with van der Waals surface area (Å²) in [4.78, 5) is 34.2. The number of anilines is 1. The summed E-state index contributed by atoms with van der Waals surface area (Å²) >= 11 is 2.88. The molecule has 1 aliphatic rings. The molecule has 3 heterocycles. The molecule has 0 saturated carbocycles. The summed E-state index contributed by atoms with van der Waals surface area (Å²) in [6.45, 7) is 2.10. The van der Waals surface area contributed by atoms with E-state index in [4.69, 9.17) is 4.74 Å². The second-order valence-electron chi connectivity index (χ2n) is 7.74. The third-order valence-electron chi connectivity index (χ3n) is 5.57. The summed E-state index contributed by atoms with van der Waals surface area (Å²) < 4.78 is 5.26. The number of hydrogen-bond donors (Lipinski definition) is 2. The number of aromatic amines is 1. The van der Waals surface area contributed by atoms with Crippen LogP contribution in [0.3, 0.4) is 0 Å². The highest BCUT2D eigenvalue weighted by atomic mass is 32.2. The summed E-state index contributed by atoms with van der Waals surface area (Å²) in [5.74, 6) is -0.00186. The number of carbonyl (C=O) groups is 2. The Kier molecular flexibility index (Phi) is 6.28. The fraction of sp³-hybridized carbons (Fsp3) is 0.348. The molecule has 33 heavy (non-hydrogen) atoms. The van der Waals surface area contributed by atoms with Gasteiger partial charge in [-0.05, 0) is 44.2 Å². The highest BCUT2D eigenvalue weighted by Gasteiger charge is 2.27. The van der Waals surface area contributed by atoms with Gasteiger partial charge in [0.2, 0.25) is 11.1 Å². The number of carbonyl (C=O) groups excluding carboxylic acids is 2. The molecule has 170 valence electrons. The minimum absolute atomic E-state index is 0.147. The molecular weight excluding hydrogens is 458 g/mol. The molecule has 3 aromatic heterocycles. The van der Waals surface area contributed by atoms with E-state index in [1.807, 2.05) is 24.3 Å². The molecule has 0 unspecified atom stereocenters. The first-order chi connectivity index (χ1) is 16.1. The number of rotatable bonds is 7. The van der Waals surface area contributed by atoms with Crippen molar-refractivity contribution in [3.8, 4) is 0 Å². The quantitative estimate of drug-likeness (QED) is 0.290. The van der Waals surface area contributed by atoms with Crippen LogP contribution in [-0.4, -0.2) is 44.4 Å². The lowest BCUT2D eigenvalue weighted by Crippen LogP contribution is -2.16. The van der Waals surface area contributed by atoms with E-state index in [-0.39, 0.29) is 18.3 Å². The van der Waals surface area contributed by atoms with Gasteiger partial charge in [0.1, 0.15) is 10.5 Å². The van der Waals surface area contributed by atoms with E-state index in [0.717, 1.165) is 47.7 Å². The Balaban J connectivity index is 1.24. The first kappa shape index (κ1) is 21.8. The number of amides is 1. The van der Waals surface area contributed by atoms with Crippen LogP contribution < -0.4 is 5.32 Å². The Morgan fingerprint density at radius 2 is 2.06 bits per heavy atom. The number of para-hydroxylation sites is 1. The van der Waals surface area contributed by atoms with Crippen LogP contribution in [0, 0.1) is 0 Å². The van der Waals surface area contributed by atoms with Crippen molar-refractivity contribution in [3.05, 3.63) is 40.3 Å². The van der Waals surface area contributed by atoms with Crippen LogP contribution in [0.15, 0.2) is 29.4 Å². The Morgan fingerprint density at radius 1 is 1.21 bits per heavy atom. The fourth-order valence-corrected chi connectivity index (χ4v) is 6.08. The average molecular weight is 482 g/mol. The zero-order valence-electron chi connectivity index (χ0n) is 18.1. The molecule has 1 aromatic carbocycles. The van der Waals surface area contributed by atoms with Crippen molar-refractivity contribution in [2.75, 3.05) is 17.7 Å². The van der Waals surface area contributed by atoms with Gasteiger partial charge in [0.15, 0.2) is 5.65 Å². The minimum atomic E-state index is -0.354. The first-order valence-electron chi connectivity index (χ1n) is 11.0. The number of fused-ring (bicyclic) bond motifs is 4. The third kappa shape index (κ3) is 4.45. The van der Waals surface area contributed by atoms with E-state index in [2.05, 4.69) is 25.5 Å². The van der Waals surface area contributed by atoms with Gasteiger partial charge in [-0.2, -0.15) is 0 Å². The lowest BCUT2D eigenvalue weighted by Gasteiger charge is -2.12. The van der Waals surface area contributed by atoms with Gasteiger partial charge in [-0.25, -0.2) is 9.78 Å². The van der Waals surface area contributed by atoms with Gasteiger partial charge in [0.05, 0.1) is 12.2 Å². The van der Waals surface area contributed by atoms with Crippen LogP contribution in [0.4, 0.5) is 5.00 Å². The first-order valence-corrected chi connectivity index (χ1v) is 12.8. The molecule has 0 bridgehead atoms. The summed E-state index contributed by atoms with van der Waals surface area (Å²) in [7, 11) is 0. The molecule has 0 saturated heterocycles. The highest BCUT2D eigenvalue weighted by molar-refractivity contribution is 7.99. The maximum Gasteiger partial charge on any atom is 0.341 e. The van der Waals surface area contributed by atoms with Gasteiger partial charge in [-0.1, -0.05) is 30.0 Å². The summed E-state index contributed by atoms with van der Waals surface area (Å²) in [5, 5.41) is 13.6. The van der Waals surface area contributed by atoms with Crippen molar-refractivity contribution in [3.63, 3.8) is 0 Å². The maximum absolute atomic E-state index is 12.6. The highest BCUT2D eigenvalue weighted by Crippen LogP contribution is 2.38. The van der Waals surface area contributed by atoms with Gasteiger partial charge in [0.25, 0.3) is 0 Å². The Hall–Kier alpha value is -2.98. The molecule has 2 N–H and O–H groups in total. The van der Waals surface area contributed by atoms with Crippen molar-refractivity contribution in [1.29, 1.82) is 0 Å². The zero-order chi connectivity index (χ0) is 22.8. The van der Waals surface area contributed by atoms with E-state index in [1.54, 1.807) is 6.92 Å². The van der Waals surface area contributed by atoms with E-state index in [0.29, 0.717) is 33.7 Å². The van der Waals surface area contributed by atoms with E-state index in [1.165, 1.54) is 28.0 Å². The molecular formula is C23H23N5O3S2. The van der Waals surface area contributed by atoms with Crippen molar-refractivity contribution >= 4 is 62.0 Å². The largest absolute Gasteiger partial charge is 0.462 e. The Labute approximate surface area is 198 Å². The molecule has 0 fully saturated rings. The molecule has 1 amide bonds. The second kappa shape index (κ2) is 9.48. The van der Waals surface area contributed by atoms with Crippen molar-refractivity contribution in [2.24, 2.45) is 0 Å². The van der Waals surface area contributed by atoms with Gasteiger partial charge in [0, 0.05) is 28.0 Å². The number of H-pyrrole nitrogens is 1. The molecule has 5 rings (SSSR count). The smallest absolute Gasteiger partial charge is 0.341 e. The number of ether oxygens (including phenoxy) is 1. The van der Waals surface area contributed by atoms with E-state index < -0.39 is 0 Å². The molecule has 0 aliphatic heterocycles. The van der Waals surface area contributed by atoms with Crippen molar-refractivity contribution < 1.29 is 14.3 Å². The van der Waals surface area contributed by atoms with Gasteiger partial charge in [-0.15, -0.1) is 21.5 Å². The van der Waals surface area contributed by atoms with E-state index in [9.17, 15) is 9.59 Å². The molecule has 1 aliphatic carbocycles. The van der Waals surface area contributed by atoms with Crippen LogP contribution in [0.25, 0.3) is 22.1 Å². The zero-order valence-corrected chi connectivity index (χ0v) is 19.8. The average Bonchev–Trinajstić information content (AvgIpc) is 3.36. The Morgan fingerprint density at radius 3 is 2.94 bits per heavy atom. The molecule has 4 aromatic rings. The number of nitrogens with one attached hydrogen (secondary N) is 2. The minimum Gasteiger partial charge on any atom is -0.462 e. The maximum atomic E-state index is 12.6. The number of nitrogens with zero attached hydrogens (tertiary/aromatic N) is 3. The third-order valence-corrected chi connectivity index (χ3v) is 7.61. The number of hydrogen-bond acceptors (Lipinski definition) is 8. The summed E-state index contributed by atoms with van der Waals surface area (Å²) in [6.07, 6.45) is 4.22. The lowest BCUT2D eigenvalue weighted by molar-refractivity contribution is -0.115. The van der Waals surface area contributed by atoms with Crippen LogP contribution in [0.1, 0.15) is 47.0 Å². The number of aryl methyl sites for hydroxylation is 1. The topological polar surface area (TPSA) is 110 Å². The monoisotopic (exact) mass is 481 g/mol. The molecule has 0 radical (unpaired) electrons. The Bertz CT molecular complexity index is 1350. The number of thiophene rings is 1. The fourth-order valence-electron chi connectivity index (χ4n) is 4.06. The number of benzene rings is 1. The summed E-state index contributed by atoms with van der Waals surface area (Å²) in [6, 6.07) is 7.87. The SMILES string of the molecule is CCOC(=O)c1c(NC(=O)CCSc2nnc3c(n2)[nH]c2ccccc23)sc2c1CCCC2. The van der Waals surface area contributed by atoms with Crippen LogP contribution in [0.5, 0.6) is 0 Å². The van der Waals surface area contributed by atoms with Gasteiger partial charge >= 0.3 is 5.97 Å². The summed E-state index contributed by atoms with van der Waals surface area (Å²) in [5.41, 5.74) is 3.96. The molecule has 8 nitrogen and oxygen atoms in total. The van der Waals surface area contributed by atoms with Crippen molar-refractivity contribution in [2.45, 2.75) is 44.2 Å². The number of thioether (sulfide) groups is 1. The second-order valence-corrected chi connectivity index (χ2v) is 9.91. The van der Waals surface area contributed by atoms with E-state index >= 15 is 0 Å². The van der Waals surface area contributed by atoms with Crippen LogP contribution in [-0.2, 0) is 22.4 Å². The molecule has 10 heteroatoms. The standard InChI is InChI=1S/C23H23N5O3S2/c1-2-31-22(30)18-14-8-4-6-10-16(14)33-21(18)25-17(29)11-12-32-23-26-20-19(27-28-23)13-7-3-5-9-15(13)24-20/h3,5,7,9H,2,4,6,8,10-12H2,1H3,(H,25,29)(H,24,26,28). The van der Waals surface area contributed by atoms with Gasteiger partial charge in [-0.3, -0.25) is 4.79 Å². The number of esters is 1. The van der Waals surface area contributed by atoms with Crippen LogP contribution >= 0.6 is 23.1 Å². The number of aromatic nitrogens is 4. The predicted molar refractivity (Wildman–Crippen MR) is 130 cm³/mol.